The lowest BCUT2D eigenvalue weighted by molar-refractivity contribution is -0.122. The Hall–Kier alpha value is -2.41. The topological polar surface area (TPSA) is 41.1 Å². The van der Waals surface area contributed by atoms with Crippen LogP contribution in [0, 0.1) is 23.3 Å². The van der Waals surface area contributed by atoms with Gasteiger partial charge < -0.3 is 10.6 Å². The first-order valence-electron chi connectivity index (χ1n) is 8.83. The van der Waals surface area contributed by atoms with Crippen LogP contribution in [0.2, 0.25) is 0 Å². The molecule has 0 saturated carbocycles. The van der Waals surface area contributed by atoms with Crippen molar-refractivity contribution < 1.29 is 22.4 Å². The summed E-state index contributed by atoms with van der Waals surface area (Å²) in [6.07, 6.45) is 0.737. The van der Waals surface area contributed by atoms with Crippen LogP contribution in [-0.2, 0) is 11.2 Å². The van der Waals surface area contributed by atoms with Crippen molar-refractivity contribution in [3.8, 4) is 0 Å². The summed E-state index contributed by atoms with van der Waals surface area (Å²) in [4.78, 5) is 12.3. The SMILES string of the molecule is O=C(CCc1cccc(F)c1F)NC1CNCCC1c1ccc(F)c(F)c1. The van der Waals surface area contributed by atoms with Crippen LogP contribution < -0.4 is 10.6 Å². The van der Waals surface area contributed by atoms with Gasteiger partial charge in [0.15, 0.2) is 23.3 Å². The Morgan fingerprint density at radius 2 is 1.89 bits per heavy atom. The molecule has 1 fully saturated rings. The second-order valence-corrected chi connectivity index (χ2v) is 6.66. The van der Waals surface area contributed by atoms with Crippen LogP contribution in [0.25, 0.3) is 0 Å². The number of aryl methyl sites for hydroxylation is 1. The van der Waals surface area contributed by atoms with E-state index in [0.717, 1.165) is 18.2 Å². The fourth-order valence-corrected chi connectivity index (χ4v) is 3.42. The number of nitrogens with one attached hydrogen (secondary N) is 2. The maximum absolute atomic E-state index is 13.7. The summed E-state index contributed by atoms with van der Waals surface area (Å²) < 4.78 is 53.7. The van der Waals surface area contributed by atoms with Gasteiger partial charge in [0.25, 0.3) is 0 Å². The number of halogens is 4. The standard InChI is InChI=1S/C20H20F4N2O/c21-15-6-4-13(10-17(15)23)14-8-9-25-11-18(14)26-19(27)7-5-12-2-1-3-16(22)20(12)24/h1-4,6,10,14,18,25H,5,7-9,11H2,(H,26,27). The fraction of sp³-hybridized carbons (Fsp3) is 0.350. The zero-order valence-electron chi connectivity index (χ0n) is 14.6. The maximum atomic E-state index is 13.7. The molecule has 2 N–H and O–H groups in total. The highest BCUT2D eigenvalue weighted by atomic mass is 19.2. The van der Waals surface area contributed by atoms with Gasteiger partial charge in [0.05, 0.1) is 0 Å². The van der Waals surface area contributed by atoms with Gasteiger partial charge in [-0.25, -0.2) is 17.6 Å². The van der Waals surface area contributed by atoms with Crippen molar-refractivity contribution in [2.45, 2.75) is 31.2 Å². The zero-order chi connectivity index (χ0) is 19.4. The van der Waals surface area contributed by atoms with Gasteiger partial charge in [0.1, 0.15) is 0 Å². The van der Waals surface area contributed by atoms with E-state index in [2.05, 4.69) is 10.6 Å². The molecule has 144 valence electrons. The van der Waals surface area contributed by atoms with Crippen LogP contribution in [0.5, 0.6) is 0 Å². The molecule has 2 unspecified atom stereocenters. The number of carbonyl (C=O) groups excluding carboxylic acids is 1. The van der Waals surface area contributed by atoms with Gasteiger partial charge in [0, 0.05) is 24.9 Å². The minimum atomic E-state index is -0.942. The Labute approximate surface area is 154 Å². The summed E-state index contributed by atoms with van der Waals surface area (Å²) >= 11 is 0. The lowest BCUT2D eigenvalue weighted by Crippen LogP contribution is -2.50. The number of hydrogen-bond acceptors (Lipinski definition) is 2. The minimum absolute atomic E-state index is 0.00136. The summed E-state index contributed by atoms with van der Waals surface area (Å²) in [5.41, 5.74) is 0.765. The molecule has 3 nitrogen and oxygen atoms in total. The number of hydrogen-bond donors (Lipinski definition) is 2. The van der Waals surface area contributed by atoms with E-state index in [4.69, 9.17) is 0 Å². The first kappa shape index (κ1) is 19.4. The molecule has 2 aromatic carbocycles. The Kier molecular flexibility index (Phi) is 6.11. The molecule has 1 heterocycles. The van der Waals surface area contributed by atoms with Gasteiger partial charge in [-0.1, -0.05) is 18.2 Å². The second kappa shape index (κ2) is 8.52. The molecule has 3 rings (SSSR count). The van der Waals surface area contributed by atoms with E-state index in [1.165, 1.54) is 18.2 Å². The number of piperidine rings is 1. The van der Waals surface area contributed by atoms with Crippen LogP contribution in [-0.4, -0.2) is 25.0 Å². The van der Waals surface area contributed by atoms with Crippen molar-refractivity contribution >= 4 is 5.91 Å². The first-order chi connectivity index (χ1) is 13.0. The molecule has 2 aromatic rings. The fourth-order valence-electron chi connectivity index (χ4n) is 3.42. The molecule has 0 bridgehead atoms. The maximum Gasteiger partial charge on any atom is 0.220 e. The summed E-state index contributed by atoms with van der Waals surface area (Å²) in [5.74, 6) is -4.17. The van der Waals surface area contributed by atoms with Crippen LogP contribution >= 0.6 is 0 Å². The Morgan fingerprint density at radius 3 is 2.67 bits per heavy atom. The highest BCUT2D eigenvalue weighted by Crippen LogP contribution is 2.27. The third-order valence-electron chi connectivity index (χ3n) is 4.85. The second-order valence-electron chi connectivity index (χ2n) is 6.66. The Bertz CT molecular complexity index is 828. The van der Waals surface area contributed by atoms with Gasteiger partial charge >= 0.3 is 0 Å². The summed E-state index contributed by atoms with van der Waals surface area (Å²) in [6, 6.07) is 7.33. The van der Waals surface area contributed by atoms with E-state index >= 15 is 0 Å². The van der Waals surface area contributed by atoms with Crippen molar-refractivity contribution in [3.63, 3.8) is 0 Å². The number of amides is 1. The molecule has 7 heteroatoms. The molecular weight excluding hydrogens is 360 g/mol. The molecule has 27 heavy (non-hydrogen) atoms. The predicted molar refractivity (Wildman–Crippen MR) is 93.2 cm³/mol. The van der Waals surface area contributed by atoms with E-state index in [-0.39, 0.29) is 36.3 Å². The van der Waals surface area contributed by atoms with E-state index in [1.54, 1.807) is 0 Å². The lowest BCUT2D eigenvalue weighted by atomic mass is 9.86. The first-order valence-corrected chi connectivity index (χ1v) is 8.83. The van der Waals surface area contributed by atoms with E-state index in [0.29, 0.717) is 25.1 Å². The molecule has 0 radical (unpaired) electrons. The molecule has 0 spiro atoms. The molecule has 1 amide bonds. The molecular formula is C20H20F4N2O. The van der Waals surface area contributed by atoms with Crippen molar-refractivity contribution in [1.82, 2.24) is 10.6 Å². The van der Waals surface area contributed by atoms with Gasteiger partial charge in [0.2, 0.25) is 5.91 Å². The van der Waals surface area contributed by atoms with Crippen LogP contribution in [0.4, 0.5) is 17.6 Å². The largest absolute Gasteiger partial charge is 0.351 e. The minimum Gasteiger partial charge on any atom is -0.351 e. The normalized spacial score (nSPS) is 19.7. The summed E-state index contributed by atoms with van der Waals surface area (Å²) in [7, 11) is 0. The highest BCUT2D eigenvalue weighted by molar-refractivity contribution is 5.76. The van der Waals surface area contributed by atoms with Crippen LogP contribution in [0.3, 0.4) is 0 Å². The van der Waals surface area contributed by atoms with Crippen LogP contribution in [0.15, 0.2) is 36.4 Å². The third-order valence-corrected chi connectivity index (χ3v) is 4.85. The van der Waals surface area contributed by atoms with Crippen molar-refractivity contribution in [1.29, 1.82) is 0 Å². The Balaban J connectivity index is 1.64. The average Bonchev–Trinajstić information content (AvgIpc) is 2.66. The Morgan fingerprint density at radius 1 is 1.07 bits per heavy atom. The van der Waals surface area contributed by atoms with Gasteiger partial charge in [-0.2, -0.15) is 0 Å². The zero-order valence-corrected chi connectivity index (χ0v) is 14.6. The molecule has 1 aliphatic rings. The highest BCUT2D eigenvalue weighted by Gasteiger charge is 2.28. The van der Waals surface area contributed by atoms with E-state index < -0.39 is 23.3 Å². The summed E-state index contributed by atoms with van der Waals surface area (Å²) in [5, 5.41) is 6.04. The smallest absolute Gasteiger partial charge is 0.220 e. The van der Waals surface area contributed by atoms with Gasteiger partial charge in [-0.15, -0.1) is 0 Å². The van der Waals surface area contributed by atoms with Crippen LogP contribution in [0.1, 0.15) is 29.9 Å². The van der Waals surface area contributed by atoms with E-state index in [9.17, 15) is 22.4 Å². The van der Waals surface area contributed by atoms with Crippen molar-refractivity contribution in [2.75, 3.05) is 13.1 Å². The number of rotatable bonds is 5. The lowest BCUT2D eigenvalue weighted by Gasteiger charge is -2.33. The molecule has 2 atom stereocenters. The predicted octanol–water partition coefficient (Wildman–Crippen LogP) is 3.44. The van der Waals surface area contributed by atoms with Crippen molar-refractivity contribution in [3.05, 3.63) is 70.8 Å². The van der Waals surface area contributed by atoms with Crippen molar-refractivity contribution in [2.24, 2.45) is 0 Å². The molecule has 1 aliphatic heterocycles. The average molecular weight is 380 g/mol. The van der Waals surface area contributed by atoms with Gasteiger partial charge in [-0.3, -0.25) is 4.79 Å². The van der Waals surface area contributed by atoms with Gasteiger partial charge in [-0.05, 0) is 48.7 Å². The summed E-state index contributed by atoms with van der Waals surface area (Å²) in [6.45, 7) is 1.19. The molecule has 1 saturated heterocycles. The molecule has 0 aromatic heterocycles. The quantitative estimate of drug-likeness (QED) is 0.781. The number of carbonyl (C=O) groups is 1. The third kappa shape index (κ3) is 4.66. The number of benzene rings is 2. The van der Waals surface area contributed by atoms with E-state index in [1.807, 2.05) is 0 Å². The molecule has 0 aliphatic carbocycles. The monoisotopic (exact) mass is 380 g/mol.